The molecule has 1 atom stereocenters. The summed E-state index contributed by atoms with van der Waals surface area (Å²) in [6, 6.07) is 0. The molecule has 2 rings (SSSR count). The Labute approximate surface area is 117 Å². The van der Waals surface area contributed by atoms with E-state index in [2.05, 4.69) is 9.71 Å². The highest BCUT2D eigenvalue weighted by molar-refractivity contribution is 7.89. The third-order valence-electron chi connectivity index (χ3n) is 3.43. The van der Waals surface area contributed by atoms with Crippen LogP contribution < -0.4 is 4.72 Å². The van der Waals surface area contributed by atoms with E-state index in [1.165, 1.54) is 17.1 Å². The summed E-state index contributed by atoms with van der Waals surface area (Å²) in [7, 11) is -2.19. The van der Waals surface area contributed by atoms with Crippen molar-refractivity contribution >= 4 is 16.1 Å². The van der Waals surface area contributed by atoms with Crippen LogP contribution in [0.2, 0.25) is 0 Å². The number of carbonyl (C=O) groups is 1. The van der Waals surface area contributed by atoms with E-state index >= 15 is 0 Å². The number of nitrogens with one attached hydrogen (secondary N) is 1. The van der Waals surface area contributed by atoms with E-state index in [0.29, 0.717) is 13.0 Å². The zero-order chi connectivity index (χ0) is 15.0. The van der Waals surface area contributed by atoms with Crippen molar-refractivity contribution in [3.05, 3.63) is 12.5 Å². The van der Waals surface area contributed by atoms with Gasteiger partial charge in [0.2, 0.25) is 0 Å². The van der Waals surface area contributed by atoms with Crippen LogP contribution in [-0.2, 0) is 17.1 Å². The fraction of sp³-hybridized carbons (Fsp3) is 0.636. The van der Waals surface area contributed by atoms with Crippen molar-refractivity contribution in [2.45, 2.75) is 36.9 Å². The summed E-state index contributed by atoms with van der Waals surface area (Å²) in [5, 5.41) is 9.10. The van der Waals surface area contributed by atoms with E-state index in [1.54, 1.807) is 14.0 Å². The number of nitrogens with zero attached hydrogens (tertiary/aromatic N) is 3. The minimum atomic E-state index is -3.85. The zero-order valence-corrected chi connectivity index (χ0v) is 12.2. The number of hydrogen-bond acceptors (Lipinski definition) is 4. The number of hydrogen-bond donors (Lipinski definition) is 2. The number of carboxylic acid groups (broad SMARTS) is 1. The number of piperidine rings is 1. The summed E-state index contributed by atoms with van der Waals surface area (Å²) < 4.78 is 28.6. The maximum atomic E-state index is 12.3. The second kappa shape index (κ2) is 5.06. The quantitative estimate of drug-likeness (QED) is 0.849. The van der Waals surface area contributed by atoms with Crippen molar-refractivity contribution in [1.82, 2.24) is 19.2 Å². The molecule has 0 spiro atoms. The van der Waals surface area contributed by atoms with Crippen molar-refractivity contribution < 1.29 is 18.3 Å². The highest BCUT2D eigenvalue weighted by atomic mass is 32.2. The molecule has 1 fully saturated rings. The third-order valence-corrected chi connectivity index (χ3v) is 4.90. The number of rotatable bonds is 3. The third kappa shape index (κ3) is 2.78. The number of amides is 1. The largest absolute Gasteiger partial charge is 0.465 e. The minimum absolute atomic E-state index is 0.114. The number of aromatic nitrogens is 2. The van der Waals surface area contributed by atoms with Gasteiger partial charge in [0, 0.05) is 19.8 Å². The molecule has 1 aromatic heterocycles. The molecule has 20 heavy (non-hydrogen) atoms. The molecule has 2 heterocycles. The van der Waals surface area contributed by atoms with Crippen LogP contribution in [0.25, 0.3) is 0 Å². The molecule has 0 radical (unpaired) electrons. The van der Waals surface area contributed by atoms with Crippen LogP contribution in [0.4, 0.5) is 4.79 Å². The predicted molar refractivity (Wildman–Crippen MR) is 70.5 cm³/mol. The molecule has 1 aliphatic heterocycles. The van der Waals surface area contributed by atoms with Crippen molar-refractivity contribution in [2.75, 3.05) is 6.54 Å². The second-order valence-corrected chi connectivity index (χ2v) is 6.78. The lowest BCUT2D eigenvalue weighted by Gasteiger charge is -2.42. The van der Waals surface area contributed by atoms with Crippen LogP contribution in [-0.4, -0.2) is 46.3 Å². The Kier molecular flexibility index (Phi) is 3.74. The van der Waals surface area contributed by atoms with Gasteiger partial charge in [-0.05, 0) is 26.2 Å². The fourth-order valence-corrected chi connectivity index (χ4v) is 3.79. The molecule has 2 N–H and O–H groups in total. The van der Waals surface area contributed by atoms with Gasteiger partial charge in [0.05, 0.1) is 6.33 Å². The Morgan fingerprint density at radius 1 is 1.50 bits per heavy atom. The van der Waals surface area contributed by atoms with E-state index in [1.807, 2.05) is 0 Å². The molecule has 0 saturated carbocycles. The first-order chi connectivity index (χ1) is 9.24. The summed E-state index contributed by atoms with van der Waals surface area (Å²) in [6.07, 6.45) is 3.56. The van der Waals surface area contributed by atoms with Crippen LogP contribution in [0.3, 0.4) is 0 Å². The Morgan fingerprint density at radius 2 is 2.20 bits per heavy atom. The summed E-state index contributed by atoms with van der Waals surface area (Å²) >= 11 is 0. The summed E-state index contributed by atoms with van der Waals surface area (Å²) in [4.78, 5) is 16.2. The maximum absolute atomic E-state index is 12.3. The van der Waals surface area contributed by atoms with Gasteiger partial charge >= 0.3 is 6.09 Å². The molecule has 1 saturated heterocycles. The molecule has 0 aliphatic carbocycles. The van der Waals surface area contributed by atoms with Gasteiger partial charge in [-0.2, -0.15) is 4.72 Å². The molecule has 1 unspecified atom stereocenters. The Bertz CT molecular complexity index is 612. The van der Waals surface area contributed by atoms with E-state index in [9.17, 15) is 18.3 Å². The van der Waals surface area contributed by atoms with E-state index in [-0.39, 0.29) is 5.03 Å². The van der Waals surface area contributed by atoms with Gasteiger partial charge < -0.3 is 9.67 Å². The van der Waals surface area contributed by atoms with E-state index < -0.39 is 21.8 Å². The summed E-state index contributed by atoms with van der Waals surface area (Å²) in [5.74, 6) is 0. The van der Waals surface area contributed by atoms with Crippen molar-refractivity contribution in [3.63, 3.8) is 0 Å². The zero-order valence-electron chi connectivity index (χ0n) is 11.4. The maximum Gasteiger partial charge on any atom is 0.408 e. The first kappa shape index (κ1) is 14.8. The topological polar surface area (TPSA) is 105 Å². The second-order valence-electron chi connectivity index (χ2n) is 5.15. The van der Waals surface area contributed by atoms with Crippen molar-refractivity contribution in [3.8, 4) is 0 Å². The highest BCUT2D eigenvalue weighted by Crippen LogP contribution is 2.27. The first-order valence-electron chi connectivity index (χ1n) is 6.27. The standard InChI is InChI=1S/C11H18N4O4S/c1-11(5-3-4-6-15(11)10(16)17)13-20(18,19)9-7-14(2)8-12-9/h7-8,13H,3-6H2,1-2H3,(H,16,17). The summed E-state index contributed by atoms with van der Waals surface area (Å²) in [6.45, 7) is 1.90. The molecule has 0 aromatic carbocycles. The monoisotopic (exact) mass is 302 g/mol. The lowest BCUT2D eigenvalue weighted by molar-refractivity contribution is 0.0511. The molecule has 1 aliphatic rings. The number of aryl methyl sites for hydroxylation is 1. The van der Waals surface area contributed by atoms with Crippen LogP contribution in [0.5, 0.6) is 0 Å². The van der Waals surface area contributed by atoms with Gasteiger partial charge in [0.15, 0.2) is 5.03 Å². The number of sulfonamides is 1. The molecule has 9 heteroatoms. The van der Waals surface area contributed by atoms with Crippen molar-refractivity contribution in [2.24, 2.45) is 7.05 Å². The van der Waals surface area contributed by atoms with Crippen LogP contribution >= 0.6 is 0 Å². The highest BCUT2D eigenvalue weighted by Gasteiger charge is 2.41. The Morgan fingerprint density at radius 3 is 2.75 bits per heavy atom. The van der Waals surface area contributed by atoms with Crippen LogP contribution in [0, 0.1) is 0 Å². The number of likely N-dealkylation sites (tertiary alicyclic amines) is 1. The van der Waals surface area contributed by atoms with Gasteiger partial charge in [-0.25, -0.2) is 18.2 Å². The molecule has 0 bridgehead atoms. The number of imidazole rings is 1. The molecule has 1 aromatic rings. The van der Waals surface area contributed by atoms with Gasteiger partial charge in [-0.3, -0.25) is 4.90 Å². The van der Waals surface area contributed by atoms with E-state index in [4.69, 9.17) is 0 Å². The average Bonchev–Trinajstić information content (AvgIpc) is 2.75. The van der Waals surface area contributed by atoms with Gasteiger partial charge in [-0.1, -0.05) is 0 Å². The molecule has 8 nitrogen and oxygen atoms in total. The minimum Gasteiger partial charge on any atom is -0.465 e. The summed E-state index contributed by atoms with van der Waals surface area (Å²) in [5.41, 5.74) is -1.14. The molecular weight excluding hydrogens is 284 g/mol. The molecule has 1 amide bonds. The molecule has 112 valence electrons. The Balaban J connectivity index is 2.28. The van der Waals surface area contributed by atoms with Gasteiger partial charge in [0.1, 0.15) is 5.66 Å². The van der Waals surface area contributed by atoms with Gasteiger partial charge in [-0.15, -0.1) is 0 Å². The lowest BCUT2D eigenvalue weighted by Crippen LogP contribution is -2.62. The lowest BCUT2D eigenvalue weighted by atomic mass is 9.98. The van der Waals surface area contributed by atoms with Crippen LogP contribution in [0.15, 0.2) is 17.6 Å². The predicted octanol–water partition coefficient (Wildman–Crippen LogP) is 0.578. The first-order valence-corrected chi connectivity index (χ1v) is 7.75. The van der Waals surface area contributed by atoms with Crippen molar-refractivity contribution in [1.29, 1.82) is 0 Å². The SMILES string of the molecule is Cn1cnc(S(=O)(=O)NC2(C)CCCCN2C(=O)O)c1. The Hall–Kier alpha value is -1.61. The smallest absolute Gasteiger partial charge is 0.408 e. The molecular formula is C11H18N4O4S. The fourth-order valence-electron chi connectivity index (χ4n) is 2.40. The van der Waals surface area contributed by atoms with Crippen LogP contribution in [0.1, 0.15) is 26.2 Å². The van der Waals surface area contributed by atoms with E-state index in [0.717, 1.165) is 17.7 Å². The van der Waals surface area contributed by atoms with Gasteiger partial charge in [0.25, 0.3) is 10.0 Å². The normalized spacial score (nSPS) is 23.8. The average molecular weight is 302 g/mol.